The standard InChI is InChI=1S/C8H10N4O/c9-3-4-12(10)8-2-1-7(6-13)5-11-8/h1-6H,9-10H2/b4-3-. The fourth-order valence-corrected chi connectivity index (χ4v) is 0.789. The SMILES string of the molecule is N/C=C\N(N)c1ccc(C=O)cn1. The Kier molecular flexibility index (Phi) is 2.99. The van der Waals surface area contributed by atoms with Crippen LogP contribution >= 0.6 is 0 Å². The predicted octanol–water partition coefficient (Wildman–Crippen LogP) is 0.00410. The molecule has 1 aromatic heterocycles. The average molecular weight is 178 g/mol. The van der Waals surface area contributed by atoms with Gasteiger partial charge in [0.25, 0.3) is 0 Å². The molecule has 0 aliphatic rings. The molecule has 0 saturated heterocycles. The van der Waals surface area contributed by atoms with E-state index in [1.54, 1.807) is 12.1 Å². The third kappa shape index (κ3) is 2.28. The van der Waals surface area contributed by atoms with Crippen LogP contribution in [0.2, 0.25) is 0 Å². The second-order valence-electron chi connectivity index (χ2n) is 2.32. The van der Waals surface area contributed by atoms with Crippen molar-refractivity contribution in [1.82, 2.24) is 4.98 Å². The Morgan fingerprint density at radius 3 is 2.69 bits per heavy atom. The molecule has 0 unspecified atom stereocenters. The van der Waals surface area contributed by atoms with Gasteiger partial charge in [0.2, 0.25) is 0 Å². The number of nitrogens with two attached hydrogens (primary N) is 2. The molecule has 68 valence electrons. The number of hydrogen-bond acceptors (Lipinski definition) is 5. The van der Waals surface area contributed by atoms with E-state index < -0.39 is 0 Å². The Morgan fingerprint density at radius 2 is 2.23 bits per heavy atom. The normalized spacial score (nSPS) is 10.2. The molecule has 0 radical (unpaired) electrons. The molecular formula is C8H10N4O. The largest absolute Gasteiger partial charge is 0.403 e. The van der Waals surface area contributed by atoms with Crippen molar-refractivity contribution in [2.75, 3.05) is 5.01 Å². The third-order valence-corrected chi connectivity index (χ3v) is 1.42. The van der Waals surface area contributed by atoms with Crippen LogP contribution in [0.15, 0.2) is 30.7 Å². The van der Waals surface area contributed by atoms with Gasteiger partial charge in [-0.15, -0.1) is 0 Å². The van der Waals surface area contributed by atoms with Crippen LogP contribution in [0.4, 0.5) is 5.82 Å². The van der Waals surface area contributed by atoms with E-state index >= 15 is 0 Å². The molecule has 1 rings (SSSR count). The zero-order valence-electron chi connectivity index (χ0n) is 6.92. The number of hydrogen-bond donors (Lipinski definition) is 2. The Hall–Kier alpha value is -1.88. The summed E-state index contributed by atoms with van der Waals surface area (Å²) >= 11 is 0. The molecule has 0 fully saturated rings. The monoisotopic (exact) mass is 178 g/mol. The number of hydrazine groups is 1. The Bertz CT molecular complexity index is 306. The maximum atomic E-state index is 10.3. The zero-order valence-corrected chi connectivity index (χ0v) is 6.92. The average Bonchev–Trinajstić information content (AvgIpc) is 2.18. The lowest BCUT2D eigenvalue weighted by molar-refractivity contribution is 0.112. The Labute approximate surface area is 75.6 Å². The van der Waals surface area contributed by atoms with Gasteiger partial charge in [-0.3, -0.25) is 9.80 Å². The van der Waals surface area contributed by atoms with E-state index in [0.29, 0.717) is 11.4 Å². The maximum absolute atomic E-state index is 10.3. The summed E-state index contributed by atoms with van der Waals surface area (Å²) in [7, 11) is 0. The number of aldehydes is 1. The first-order valence-electron chi connectivity index (χ1n) is 3.61. The van der Waals surface area contributed by atoms with Gasteiger partial charge in [-0.2, -0.15) is 0 Å². The van der Waals surface area contributed by atoms with Gasteiger partial charge >= 0.3 is 0 Å². The molecule has 0 saturated carbocycles. The summed E-state index contributed by atoms with van der Waals surface area (Å²) in [6.07, 6.45) is 4.92. The van der Waals surface area contributed by atoms with Crippen molar-refractivity contribution in [3.63, 3.8) is 0 Å². The number of carbonyl (C=O) groups excluding carboxylic acids is 1. The van der Waals surface area contributed by atoms with Crippen molar-refractivity contribution >= 4 is 12.1 Å². The van der Waals surface area contributed by atoms with E-state index in [-0.39, 0.29) is 0 Å². The lowest BCUT2D eigenvalue weighted by atomic mass is 10.3. The van der Waals surface area contributed by atoms with Gasteiger partial charge in [-0.1, -0.05) is 0 Å². The molecule has 1 heterocycles. The smallest absolute Gasteiger partial charge is 0.151 e. The van der Waals surface area contributed by atoms with Crippen molar-refractivity contribution in [3.8, 4) is 0 Å². The summed E-state index contributed by atoms with van der Waals surface area (Å²) in [6, 6.07) is 3.25. The van der Waals surface area contributed by atoms with Gasteiger partial charge in [0.05, 0.1) is 0 Å². The van der Waals surface area contributed by atoms with Crippen LogP contribution in [-0.2, 0) is 0 Å². The van der Waals surface area contributed by atoms with Crippen LogP contribution in [0, 0.1) is 0 Å². The van der Waals surface area contributed by atoms with Crippen LogP contribution in [0.3, 0.4) is 0 Å². The van der Waals surface area contributed by atoms with Gasteiger partial charge < -0.3 is 5.73 Å². The minimum Gasteiger partial charge on any atom is -0.403 e. The third-order valence-electron chi connectivity index (χ3n) is 1.42. The Morgan fingerprint density at radius 1 is 1.46 bits per heavy atom. The lowest BCUT2D eigenvalue weighted by Gasteiger charge is -2.10. The quantitative estimate of drug-likeness (QED) is 0.386. The summed E-state index contributed by atoms with van der Waals surface area (Å²) in [5.74, 6) is 6.03. The highest BCUT2D eigenvalue weighted by Crippen LogP contribution is 2.06. The van der Waals surface area contributed by atoms with E-state index in [1.807, 2.05) is 0 Å². The summed E-state index contributed by atoms with van der Waals surface area (Å²) in [6.45, 7) is 0. The van der Waals surface area contributed by atoms with Crippen LogP contribution in [0.1, 0.15) is 10.4 Å². The second-order valence-corrected chi connectivity index (χ2v) is 2.32. The van der Waals surface area contributed by atoms with Crippen molar-refractivity contribution in [3.05, 3.63) is 36.3 Å². The molecule has 5 nitrogen and oxygen atoms in total. The first-order valence-corrected chi connectivity index (χ1v) is 3.61. The van der Waals surface area contributed by atoms with E-state index in [4.69, 9.17) is 11.6 Å². The van der Waals surface area contributed by atoms with Crippen molar-refractivity contribution < 1.29 is 4.79 Å². The van der Waals surface area contributed by atoms with Crippen molar-refractivity contribution in [2.45, 2.75) is 0 Å². The Balaban J connectivity index is 2.85. The molecule has 0 aliphatic carbocycles. The molecule has 5 heteroatoms. The molecule has 0 aliphatic heterocycles. The number of nitrogens with zero attached hydrogens (tertiary/aromatic N) is 2. The van der Waals surface area contributed by atoms with Gasteiger partial charge in [0.1, 0.15) is 5.82 Å². The highest BCUT2D eigenvalue weighted by Gasteiger charge is 1.98. The lowest BCUT2D eigenvalue weighted by Crippen LogP contribution is -2.25. The molecule has 0 amide bonds. The molecule has 0 aromatic carbocycles. The molecule has 0 atom stereocenters. The first-order chi connectivity index (χ1) is 6.27. The minimum absolute atomic E-state index is 0.508. The van der Waals surface area contributed by atoms with Crippen LogP contribution in [0.5, 0.6) is 0 Å². The minimum atomic E-state index is 0.508. The highest BCUT2D eigenvalue weighted by molar-refractivity contribution is 5.74. The summed E-state index contributed by atoms with van der Waals surface area (Å²) in [4.78, 5) is 14.2. The van der Waals surface area contributed by atoms with Crippen LogP contribution < -0.4 is 16.6 Å². The van der Waals surface area contributed by atoms with Crippen LogP contribution in [0.25, 0.3) is 0 Å². The van der Waals surface area contributed by atoms with Gasteiger partial charge in [-0.25, -0.2) is 10.8 Å². The van der Waals surface area contributed by atoms with E-state index in [0.717, 1.165) is 6.29 Å². The molecular weight excluding hydrogens is 168 g/mol. The number of carbonyl (C=O) groups is 1. The molecule has 1 aromatic rings. The highest BCUT2D eigenvalue weighted by atomic mass is 16.1. The fourth-order valence-electron chi connectivity index (χ4n) is 0.789. The fraction of sp³-hybridized carbons (Fsp3) is 0. The van der Waals surface area contributed by atoms with Gasteiger partial charge in [0, 0.05) is 24.2 Å². The molecule has 4 N–H and O–H groups in total. The molecule has 13 heavy (non-hydrogen) atoms. The predicted molar refractivity (Wildman–Crippen MR) is 49.6 cm³/mol. The number of rotatable bonds is 3. The second kappa shape index (κ2) is 4.22. The van der Waals surface area contributed by atoms with Crippen LogP contribution in [-0.4, -0.2) is 11.3 Å². The summed E-state index contributed by atoms with van der Waals surface area (Å²) in [5.41, 5.74) is 5.64. The summed E-state index contributed by atoms with van der Waals surface area (Å²) in [5, 5.41) is 1.26. The van der Waals surface area contributed by atoms with E-state index in [1.165, 1.54) is 23.6 Å². The number of pyridine rings is 1. The van der Waals surface area contributed by atoms with Crippen molar-refractivity contribution in [1.29, 1.82) is 0 Å². The number of aromatic nitrogens is 1. The number of anilines is 1. The van der Waals surface area contributed by atoms with Gasteiger partial charge in [0.15, 0.2) is 6.29 Å². The van der Waals surface area contributed by atoms with Crippen molar-refractivity contribution in [2.24, 2.45) is 11.6 Å². The summed E-state index contributed by atoms with van der Waals surface area (Å²) < 4.78 is 0. The van der Waals surface area contributed by atoms with E-state index in [2.05, 4.69) is 4.98 Å². The molecule has 0 bridgehead atoms. The van der Waals surface area contributed by atoms with Gasteiger partial charge in [-0.05, 0) is 12.1 Å². The van der Waals surface area contributed by atoms with E-state index in [9.17, 15) is 4.79 Å². The molecule has 0 spiro atoms. The first kappa shape index (κ1) is 9.21. The maximum Gasteiger partial charge on any atom is 0.151 e. The topological polar surface area (TPSA) is 85.2 Å². The zero-order chi connectivity index (χ0) is 9.68.